The average molecular weight is 329 g/mol. The molecule has 0 spiro atoms. The van der Waals surface area contributed by atoms with E-state index < -0.39 is 0 Å². The zero-order valence-corrected chi connectivity index (χ0v) is 13.2. The van der Waals surface area contributed by atoms with E-state index in [2.05, 4.69) is 20.7 Å². The molecule has 1 aromatic carbocycles. The maximum Gasteiger partial charge on any atom is 0.234 e. The Morgan fingerprint density at radius 1 is 1.33 bits per heavy atom. The van der Waals surface area contributed by atoms with Gasteiger partial charge in [-0.05, 0) is 24.1 Å². The van der Waals surface area contributed by atoms with Crippen LogP contribution in [0.1, 0.15) is 17.8 Å². The number of hydrogen-bond acceptors (Lipinski definition) is 6. The largest absolute Gasteiger partial charge is 0.454 e. The fourth-order valence-corrected chi connectivity index (χ4v) is 2.96. The van der Waals surface area contributed by atoms with Gasteiger partial charge in [-0.3, -0.25) is 4.79 Å². The Morgan fingerprint density at radius 3 is 3.21 bits per heavy atom. The number of nitrogens with zero attached hydrogens (tertiary/aromatic N) is 3. The van der Waals surface area contributed by atoms with Crippen molar-refractivity contribution >= 4 is 5.91 Å². The van der Waals surface area contributed by atoms with Crippen molar-refractivity contribution in [1.82, 2.24) is 25.4 Å². The van der Waals surface area contributed by atoms with E-state index in [4.69, 9.17) is 9.47 Å². The number of aryl methyl sites for hydroxylation is 1. The molecule has 0 aliphatic carbocycles. The third-order valence-corrected chi connectivity index (χ3v) is 4.28. The van der Waals surface area contributed by atoms with E-state index in [1.165, 1.54) is 0 Å². The Bertz CT molecular complexity index is 745. The lowest BCUT2D eigenvalue weighted by molar-refractivity contribution is -0.120. The molecule has 0 bridgehead atoms. The van der Waals surface area contributed by atoms with Crippen molar-refractivity contribution in [2.75, 3.05) is 13.3 Å². The summed E-state index contributed by atoms with van der Waals surface area (Å²) >= 11 is 0. The molecule has 1 unspecified atom stereocenters. The molecule has 8 nitrogen and oxygen atoms in total. The normalized spacial score (nSPS) is 18.2. The summed E-state index contributed by atoms with van der Waals surface area (Å²) in [7, 11) is 0. The molecule has 126 valence electrons. The molecule has 1 amide bonds. The maximum absolute atomic E-state index is 12.0. The number of fused-ring (bicyclic) bond motifs is 2. The molecule has 24 heavy (non-hydrogen) atoms. The number of ether oxygens (including phenoxy) is 2. The highest BCUT2D eigenvalue weighted by Gasteiger charge is 2.20. The van der Waals surface area contributed by atoms with Gasteiger partial charge in [-0.1, -0.05) is 6.07 Å². The molecule has 2 aliphatic heterocycles. The molecule has 4 rings (SSSR count). The number of hydrogen-bond donors (Lipinski definition) is 2. The van der Waals surface area contributed by atoms with Crippen LogP contribution in [0, 0.1) is 0 Å². The third-order valence-electron chi connectivity index (χ3n) is 4.28. The quantitative estimate of drug-likeness (QED) is 0.816. The van der Waals surface area contributed by atoms with Crippen LogP contribution in [0.25, 0.3) is 0 Å². The van der Waals surface area contributed by atoms with Crippen molar-refractivity contribution in [3.63, 3.8) is 0 Å². The van der Waals surface area contributed by atoms with Gasteiger partial charge in [0.25, 0.3) is 0 Å². The number of nitrogens with one attached hydrogen (secondary N) is 2. The highest BCUT2D eigenvalue weighted by Crippen LogP contribution is 2.32. The minimum Gasteiger partial charge on any atom is -0.454 e. The van der Waals surface area contributed by atoms with Crippen LogP contribution in [0.2, 0.25) is 0 Å². The summed E-state index contributed by atoms with van der Waals surface area (Å²) in [5, 5.41) is 10.4. The van der Waals surface area contributed by atoms with Gasteiger partial charge in [-0.15, -0.1) is 0 Å². The number of rotatable bonds is 5. The summed E-state index contributed by atoms with van der Waals surface area (Å²) in [4.78, 5) is 16.2. The van der Waals surface area contributed by atoms with Gasteiger partial charge in [0, 0.05) is 19.0 Å². The summed E-state index contributed by atoms with van der Waals surface area (Å²) in [6.07, 6.45) is 3.43. The van der Waals surface area contributed by atoms with E-state index in [0.29, 0.717) is 13.1 Å². The first-order valence-electron chi connectivity index (χ1n) is 8.03. The van der Waals surface area contributed by atoms with E-state index in [1.807, 2.05) is 22.9 Å². The van der Waals surface area contributed by atoms with Crippen molar-refractivity contribution in [2.24, 2.45) is 0 Å². The Kier molecular flexibility index (Phi) is 4.04. The predicted molar refractivity (Wildman–Crippen MR) is 84.5 cm³/mol. The van der Waals surface area contributed by atoms with Crippen molar-refractivity contribution in [1.29, 1.82) is 0 Å². The molecule has 0 saturated carbocycles. The van der Waals surface area contributed by atoms with Gasteiger partial charge in [-0.25, -0.2) is 9.67 Å². The first-order valence-corrected chi connectivity index (χ1v) is 8.03. The van der Waals surface area contributed by atoms with Crippen molar-refractivity contribution in [3.8, 4) is 11.5 Å². The third kappa shape index (κ3) is 3.18. The van der Waals surface area contributed by atoms with Gasteiger partial charge in [0.15, 0.2) is 11.5 Å². The smallest absolute Gasteiger partial charge is 0.234 e. The minimum atomic E-state index is -0.0305. The van der Waals surface area contributed by atoms with Crippen LogP contribution < -0.4 is 20.1 Å². The highest BCUT2D eigenvalue weighted by molar-refractivity contribution is 5.78. The second-order valence-electron chi connectivity index (χ2n) is 5.94. The Labute approximate surface area is 139 Å². The number of carbonyl (C=O) groups excluding carboxylic acids is 1. The van der Waals surface area contributed by atoms with Gasteiger partial charge in [0.05, 0.1) is 13.1 Å². The van der Waals surface area contributed by atoms with Gasteiger partial charge in [0.1, 0.15) is 12.2 Å². The minimum absolute atomic E-state index is 0.0305. The lowest BCUT2D eigenvalue weighted by atomic mass is 10.1. The number of amides is 1. The molecule has 0 fully saturated rings. The number of aromatic nitrogens is 3. The molecule has 8 heteroatoms. The van der Waals surface area contributed by atoms with E-state index in [9.17, 15) is 4.79 Å². The monoisotopic (exact) mass is 329 g/mol. The summed E-state index contributed by atoms with van der Waals surface area (Å²) in [5.41, 5.74) is 0.984. The van der Waals surface area contributed by atoms with E-state index in [-0.39, 0.29) is 18.7 Å². The molecular formula is C16H19N5O3. The average Bonchev–Trinajstić information content (AvgIpc) is 3.25. The van der Waals surface area contributed by atoms with Gasteiger partial charge >= 0.3 is 0 Å². The van der Waals surface area contributed by atoms with Crippen molar-refractivity contribution in [2.45, 2.75) is 32.0 Å². The molecule has 1 aromatic heterocycles. The fourth-order valence-electron chi connectivity index (χ4n) is 2.96. The van der Waals surface area contributed by atoms with Crippen molar-refractivity contribution < 1.29 is 14.3 Å². The maximum atomic E-state index is 12.0. The lowest BCUT2D eigenvalue weighted by Crippen LogP contribution is -2.43. The van der Waals surface area contributed by atoms with Gasteiger partial charge < -0.3 is 20.1 Å². The van der Waals surface area contributed by atoms with Crippen molar-refractivity contribution in [3.05, 3.63) is 35.9 Å². The van der Waals surface area contributed by atoms with Gasteiger partial charge in [0.2, 0.25) is 12.7 Å². The molecule has 2 aromatic rings. The summed E-state index contributed by atoms with van der Waals surface area (Å²) in [5.74, 6) is 2.46. The molecular weight excluding hydrogens is 310 g/mol. The SMILES string of the molecule is O=C(CNC1CCc2ncnn2C1)NCc1ccc2c(c1)OCO2. The van der Waals surface area contributed by atoms with Crippen LogP contribution in [-0.2, 0) is 24.3 Å². The molecule has 0 radical (unpaired) electrons. The van der Waals surface area contributed by atoms with E-state index >= 15 is 0 Å². The summed E-state index contributed by atoms with van der Waals surface area (Å²) in [6.45, 7) is 1.77. The van der Waals surface area contributed by atoms with Crippen LogP contribution in [0.3, 0.4) is 0 Å². The van der Waals surface area contributed by atoms with Crippen LogP contribution in [0.5, 0.6) is 11.5 Å². The van der Waals surface area contributed by atoms with Crippen LogP contribution in [-0.4, -0.2) is 40.1 Å². The molecule has 1 atom stereocenters. The highest BCUT2D eigenvalue weighted by atomic mass is 16.7. The molecule has 3 heterocycles. The molecule has 2 aliphatic rings. The topological polar surface area (TPSA) is 90.3 Å². The molecule has 0 saturated heterocycles. The van der Waals surface area contributed by atoms with Gasteiger partial charge in [-0.2, -0.15) is 5.10 Å². The van der Waals surface area contributed by atoms with E-state index in [0.717, 1.165) is 42.3 Å². The zero-order chi connectivity index (χ0) is 16.4. The predicted octanol–water partition coefficient (Wildman–Crippen LogP) is 0.228. The van der Waals surface area contributed by atoms with Crippen LogP contribution in [0.4, 0.5) is 0 Å². The summed E-state index contributed by atoms with van der Waals surface area (Å²) in [6, 6.07) is 5.92. The first kappa shape index (κ1) is 14.9. The van der Waals surface area contributed by atoms with Crippen LogP contribution in [0.15, 0.2) is 24.5 Å². The number of benzene rings is 1. The Morgan fingerprint density at radius 2 is 2.25 bits per heavy atom. The Balaban J connectivity index is 1.23. The Hall–Kier alpha value is -2.61. The first-order chi connectivity index (χ1) is 11.8. The lowest BCUT2D eigenvalue weighted by Gasteiger charge is -2.23. The summed E-state index contributed by atoms with van der Waals surface area (Å²) < 4.78 is 12.5. The second kappa shape index (κ2) is 6.48. The van der Waals surface area contributed by atoms with E-state index in [1.54, 1.807) is 6.33 Å². The molecule has 2 N–H and O–H groups in total. The zero-order valence-electron chi connectivity index (χ0n) is 13.2. The second-order valence-corrected chi connectivity index (χ2v) is 5.94. The number of carbonyl (C=O) groups is 1. The fraction of sp³-hybridized carbons (Fsp3) is 0.438. The van der Waals surface area contributed by atoms with Crippen LogP contribution >= 0.6 is 0 Å². The standard InChI is InChI=1S/C16H19N5O3/c22-16(7-17-12-2-4-15-19-9-20-21(15)8-12)18-6-11-1-3-13-14(5-11)24-10-23-13/h1,3,5,9,12,17H,2,4,6-8,10H2,(H,18,22).